The summed E-state index contributed by atoms with van der Waals surface area (Å²) in [4.78, 5) is 0. The lowest BCUT2D eigenvalue weighted by Gasteiger charge is -2.21. The van der Waals surface area contributed by atoms with Crippen molar-refractivity contribution in [1.82, 2.24) is 5.32 Å². The first-order valence-electron chi connectivity index (χ1n) is 6.97. The Balaban J connectivity index is 1.52. The molecule has 2 fully saturated rings. The Morgan fingerprint density at radius 3 is 2.37 bits per heavy atom. The van der Waals surface area contributed by atoms with Crippen molar-refractivity contribution in [2.45, 2.75) is 32.2 Å². The van der Waals surface area contributed by atoms with Crippen molar-refractivity contribution < 1.29 is 13.2 Å². The summed E-state index contributed by atoms with van der Waals surface area (Å²) in [5, 5.41) is 3.25. The third-order valence-electron chi connectivity index (χ3n) is 4.66. The molecule has 1 aromatic carbocycles. The Morgan fingerprint density at radius 2 is 1.79 bits per heavy atom. The van der Waals surface area contributed by atoms with Gasteiger partial charge in [-0.3, -0.25) is 0 Å². The van der Waals surface area contributed by atoms with Crippen molar-refractivity contribution in [3.63, 3.8) is 0 Å². The molecule has 3 unspecified atom stereocenters. The summed E-state index contributed by atoms with van der Waals surface area (Å²) in [6.07, 6.45) is 5.34. The van der Waals surface area contributed by atoms with Crippen LogP contribution < -0.4 is 5.32 Å². The third kappa shape index (κ3) is 2.64. The van der Waals surface area contributed by atoms with E-state index >= 15 is 0 Å². The molecule has 0 aliphatic heterocycles. The van der Waals surface area contributed by atoms with Gasteiger partial charge in [-0.2, -0.15) is 0 Å². The molecule has 0 saturated heterocycles. The fourth-order valence-corrected chi connectivity index (χ4v) is 3.74. The highest BCUT2D eigenvalue weighted by Gasteiger charge is 2.38. The molecule has 2 aliphatic carbocycles. The summed E-state index contributed by atoms with van der Waals surface area (Å²) in [7, 11) is 0. The van der Waals surface area contributed by atoms with E-state index in [1.54, 1.807) is 0 Å². The first-order chi connectivity index (χ1) is 9.13. The molecule has 0 amide bonds. The second-order valence-electron chi connectivity index (χ2n) is 5.94. The molecule has 0 spiro atoms. The summed E-state index contributed by atoms with van der Waals surface area (Å²) in [6, 6.07) is 2.12. The lowest BCUT2D eigenvalue weighted by molar-refractivity contribution is 0.318. The van der Waals surface area contributed by atoms with Crippen LogP contribution in [0.15, 0.2) is 12.1 Å². The maximum Gasteiger partial charge on any atom is 0.194 e. The van der Waals surface area contributed by atoms with Crippen molar-refractivity contribution in [2.75, 3.05) is 6.54 Å². The fourth-order valence-electron chi connectivity index (χ4n) is 3.74. The molecule has 4 heteroatoms. The minimum atomic E-state index is -1.39. The average Bonchev–Trinajstić information content (AvgIpc) is 2.98. The average molecular weight is 269 g/mol. The first kappa shape index (κ1) is 13.0. The normalized spacial score (nSPS) is 29.1. The Bertz CT molecular complexity index is 451. The van der Waals surface area contributed by atoms with Crippen LogP contribution in [0.1, 0.15) is 31.2 Å². The molecule has 3 atom stereocenters. The molecular weight excluding hydrogens is 251 g/mol. The van der Waals surface area contributed by atoms with Gasteiger partial charge in [-0.05, 0) is 61.3 Å². The van der Waals surface area contributed by atoms with Gasteiger partial charge in [0.25, 0.3) is 0 Å². The molecule has 2 saturated carbocycles. The largest absolute Gasteiger partial charge is 0.312 e. The lowest BCUT2D eigenvalue weighted by atomic mass is 9.89. The predicted octanol–water partition coefficient (Wildman–Crippen LogP) is 3.63. The van der Waals surface area contributed by atoms with Gasteiger partial charge >= 0.3 is 0 Å². The lowest BCUT2D eigenvalue weighted by Crippen LogP contribution is -2.26. The van der Waals surface area contributed by atoms with E-state index in [9.17, 15) is 13.2 Å². The van der Waals surface area contributed by atoms with E-state index in [0.717, 1.165) is 30.5 Å². The van der Waals surface area contributed by atoms with Crippen molar-refractivity contribution in [3.05, 3.63) is 35.1 Å². The number of rotatable bonds is 4. The number of benzene rings is 1. The van der Waals surface area contributed by atoms with Crippen LogP contribution in [-0.2, 0) is 6.54 Å². The van der Waals surface area contributed by atoms with E-state index in [-0.39, 0.29) is 0 Å². The van der Waals surface area contributed by atoms with Crippen molar-refractivity contribution in [3.8, 4) is 0 Å². The Labute approximate surface area is 111 Å². The van der Waals surface area contributed by atoms with E-state index < -0.39 is 17.5 Å². The molecule has 1 nitrogen and oxygen atoms in total. The smallest absolute Gasteiger partial charge is 0.194 e. The van der Waals surface area contributed by atoms with Crippen LogP contribution in [0.25, 0.3) is 0 Å². The van der Waals surface area contributed by atoms with Gasteiger partial charge in [-0.1, -0.05) is 6.42 Å². The Hall–Kier alpha value is -1.03. The van der Waals surface area contributed by atoms with Gasteiger partial charge in [0.2, 0.25) is 0 Å². The predicted molar refractivity (Wildman–Crippen MR) is 67.0 cm³/mol. The highest BCUT2D eigenvalue weighted by atomic mass is 19.2. The standard InChI is InChI=1S/C15H18F3N/c16-13-5-10(6-14(17)15(13)18)7-19-8-12-4-9-1-2-11(12)3-9/h5-6,9,11-12,19H,1-4,7-8H2. The number of nitrogens with one attached hydrogen (secondary N) is 1. The van der Waals surface area contributed by atoms with Crippen LogP contribution in [0.2, 0.25) is 0 Å². The first-order valence-corrected chi connectivity index (χ1v) is 6.97. The van der Waals surface area contributed by atoms with E-state index in [1.165, 1.54) is 25.7 Å². The molecule has 0 heterocycles. The highest BCUT2D eigenvalue weighted by molar-refractivity contribution is 5.19. The van der Waals surface area contributed by atoms with Gasteiger partial charge in [0, 0.05) is 6.54 Å². The van der Waals surface area contributed by atoms with E-state index in [4.69, 9.17) is 0 Å². The van der Waals surface area contributed by atoms with Gasteiger partial charge in [-0.15, -0.1) is 0 Å². The second kappa shape index (κ2) is 5.16. The number of halogens is 3. The van der Waals surface area contributed by atoms with Gasteiger partial charge in [0.15, 0.2) is 17.5 Å². The Morgan fingerprint density at radius 1 is 1.05 bits per heavy atom. The van der Waals surface area contributed by atoms with Crippen molar-refractivity contribution >= 4 is 0 Å². The second-order valence-corrected chi connectivity index (χ2v) is 5.94. The summed E-state index contributed by atoms with van der Waals surface area (Å²) in [5.74, 6) is -1.18. The third-order valence-corrected chi connectivity index (χ3v) is 4.66. The molecule has 1 N–H and O–H groups in total. The number of fused-ring (bicyclic) bond motifs is 2. The van der Waals surface area contributed by atoms with Gasteiger partial charge in [0.1, 0.15) is 0 Å². The zero-order chi connectivity index (χ0) is 13.4. The molecule has 0 radical (unpaired) electrons. The van der Waals surface area contributed by atoms with Crippen LogP contribution in [-0.4, -0.2) is 6.54 Å². The van der Waals surface area contributed by atoms with E-state index in [1.807, 2.05) is 0 Å². The minimum absolute atomic E-state index is 0.391. The minimum Gasteiger partial charge on any atom is -0.312 e. The summed E-state index contributed by atoms with van der Waals surface area (Å²) < 4.78 is 38.9. The van der Waals surface area contributed by atoms with Gasteiger partial charge in [0.05, 0.1) is 0 Å². The monoisotopic (exact) mass is 269 g/mol. The van der Waals surface area contributed by atoms with Gasteiger partial charge < -0.3 is 5.32 Å². The fraction of sp³-hybridized carbons (Fsp3) is 0.600. The van der Waals surface area contributed by atoms with Crippen LogP contribution in [0.4, 0.5) is 13.2 Å². The Kier molecular flexibility index (Phi) is 3.52. The molecule has 2 aliphatic rings. The zero-order valence-corrected chi connectivity index (χ0v) is 10.8. The summed E-state index contributed by atoms with van der Waals surface area (Å²) in [6.45, 7) is 1.28. The van der Waals surface area contributed by atoms with Crippen molar-refractivity contribution in [2.24, 2.45) is 17.8 Å². The van der Waals surface area contributed by atoms with E-state index in [2.05, 4.69) is 5.32 Å². The molecule has 2 bridgehead atoms. The van der Waals surface area contributed by atoms with Crippen molar-refractivity contribution in [1.29, 1.82) is 0 Å². The summed E-state index contributed by atoms with van der Waals surface area (Å²) >= 11 is 0. The molecule has 0 aromatic heterocycles. The quantitative estimate of drug-likeness (QED) is 0.823. The van der Waals surface area contributed by atoms with Crippen LogP contribution in [0, 0.1) is 35.2 Å². The topological polar surface area (TPSA) is 12.0 Å². The molecular formula is C15H18F3N. The maximum atomic E-state index is 13.0. The zero-order valence-electron chi connectivity index (χ0n) is 10.8. The molecule has 3 rings (SSSR count). The van der Waals surface area contributed by atoms with Gasteiger partial charge in [-0.25, -0.2) is 13.2 Å². The molecule has 1 aromatic rings. The SMILES string of the molecule is Fc1cc(CNCC2CC3CCC2C3)cc(F)c1F. The highest BCUT2D eigenvalue weighted by Crippen LogP contribution is 2.47. The molecule has 19 heavy (non-hydrogen) atoms. The van der Waals surface area contributed by atoms with Crippen LogP contribution in [0.3, 0.4) is 0 Å². The number of hydrogen-bond acceptors (Lipinski definition) is 1. The van der Waals surface area contributed by atoms with Crippen LogP contribution in [0.5, 0.6) is 0 Å². The number of hydrogen-bond donors (Lipinski definition) is 1. The van der Waals surface area contributed by atoms with E-state index in [0.29, 0.717) is 18.0 Å². The maximum absolute atomic E-state index is 13.0. The molecule has 104 valence electrons. The summed E-state index contributed by atoms with van der Waals surface area (Å²) in [5.41, 5.74) is 0.458. The van der Waals surface area contributed by atoms with Crippen LogP contribution >= 0.6 is 0 Å².